The highest BCUT2D eigenvalue weighted by atomic mass is 16.5. The summed E-state index contributed by atoms with van der Waals surface area (Å²) in [5, 5.41) is 2.90. The summed E-state index contributed by atoms with van der Waals surface area (Å²) in [5.41, 5.74) is 11.9. The van der Waals surface area contributed by atoms with Gasteiger partial charge in [-0.2, -0.15) is 9.35 Å². The third-order valence-electron chi connectivity index (χ3n) is 4.23. The van der Waals surface area contributed by atoms with Crippen molar-refractivity contribution in [1.82, 2.24) is 9.35 Å². The van der Waals surface area contributed by atoms with Crippen molar-refractivity contribution >= 4 is 11.8 Å². The number of rotatable bonds is 8. The number of esters is 1. The first kappa shape index (κ1) is 21.0. The monoisotopic (exact) mass is 390 g/mol. The Bertz CT molecular complexity index is 948. The molecule has 152 valence electrons. The van der Waals surface area contributed by atoms with Gasteiger partial charge in [0.25, 0.3) is 5.56 Å². The van der Waals surface area contributed by atoms with Crippen molar-refractivity contribution in [1.29, 1.82) is 0 Å². The van der Waals surface area contributed by atoms with Crippen LogP contribution in [0.5, 0.6) is 0 Å². The Balaban J connectivity index is 2.47. The topological polar surface area (TPSA) is 132 Å². The van der Waals surface area contributed by atoms with Crippen molar-refractivity contribution in [3.63, 3.8) is 0 Å². The maximum atomic E-state index is 12.8. The summed E-state index contributed by atoms with van der Waals surface area (Å²) in [5.74, 6) is -0.123. The predicted octanol–water partition coefficient (Wildman–Crippen LogP) is -0.502. The molecule has 1 atom stereocenters. The SMILES string of the molecule is CCOC(=O)[C@@H](N)Cc1ccc(-c2c(NC)n(NC)c(=O)n(NC)c2=O)cc1. The van der Waals surface area contributed by atoms with Crippen LogP contribution in [0.1, 0.15) is 12.5 Å². The van der Waals surface area contributed by atoms with E-state index in [1.54, 1.807) is 45.3 Å². The first-order valence-corrected chi connectivity index (χ1v) is 8.86. The molecule has 0 bridgehead atoms. The van der Waals surface area contributed by atoms with Crippen LogP contribution >= 0.6 is 0 Å². The average Bonchev–Trinajstić information content (AvgIpc) is 2.69. The average molecular weight is 390 g/mol. The molecule has 1 aromatic carbocycles. The van der Waals surface area contributed by atoms with Gasteiger partial charge < -0.3 is 26.6 Å². The van der Waals surface area contributed by atoms with Gasteiger partial charge in [0, 0.05) is 21.1 Å². The Labute approximate surface area is 162 Å². The molecule has 10 nitrogen and oxygen atoms in total. The summed E-state index contributed by atoms with van der Waals surface area (Å²) in [6.07, 6.45) is 0.314. The standard InChI is InChI=1S/C18H26N6O4/c1-5-28-17(26)13(19)10-11-6-8-12(9-7-11)14-15(20-2)23(21-3)18(27)24(22-4)16(14)25/h6-9,13,20-22H,5,10,19H2,1-4H3/t13-/m0/s1. The van der Waals surface area contributed by atoms with E-state index in [-0.39, 0.29) is 6.61 Å². The summed E-state index contributed by atoms with van der Waals surface area (Å²) in [6, 6.07) is 6.30. The number of carbonyl (C=O) groups is 1. The van der Waals surface area contributed by atoms with Gasteiger partial charge in [-0.25, -0.2) is 4.79 Å². The van der Waals surface area contributed by atoms with Crippen LogP contribution in [0.15, 0.2) is 33.9 Å². The summed E-state index contributed by atoms with van der Waals surface area (Å²) in [4.78, 5) is 36.9. The van der Waals surface area contributed by atoms with Gasteiger partial charge in [0.2, 0.25) is 0 Å². The summed E-state index contributed by atoms with van der Waals surface area (Å²) < 4.78 is 7.06. The second kappa shape index (κ2) is 9.09. The Morgan fingerprint density at radius 1 is 1.11 bits per heavy atom. The number of ether oxygens (including phenoxy) is 1. The number of anilines is 1. The van der Waals surface area contributed by atoms with Gasteiger partial charge >= 0.3 is 11.7 Å². The first-order chi connectivity index (χ1) is 13.4. The fourth-order valence-corrected chi connectivity index (χ4v) is 2.90. The van der Waals surface area contributed by atoms with Gasteiger partial charge in [-0.1, -0.05) is 24.3 Å². The van der Waals surface area contributed by atoms with E-state index in [9.17, 15) is 14.4 Å². The highest BCUT2D eigenvalue weighted by molar-refractivity contribution is 5.76. The maximum absolute atomic E-state index is 12.8. The minimum Gasteiger partial charge on any atom is -0.465 e. The first-order valence-electron chi connectivity index (χ1n) is 8.86. The molecule has 5 N–H and O–H groups in total. The van der Waals surface area contributed by atoms with E-state index in [1.165, 1.54) is 11.7 Å². The van der Waals surface area contributed by atoms with Crippen molar-refractivity contribution in [3.05, 3.63) is 50.7 Å². The van der Waals surface area contributed by atoms with Crippen molar-refractivity contribution < 1.29 is 9.53 Å². The number of hydrogen-bond acceptors (Lipinski definition) is 8. The fourth-order valence-electron chi connectivity index (χ4n) is 2.90. The summed E-state index contributed by atoms with van der Waals surface area (Å²) in [6.45, 7) is 2.00. The van der Waals surface area contributed by atoms with E-state index in [0.717, 1.165) is 10.2 Å². The van der Waals surface area contributed by atoms with Gasteiger partial charge in [-0.05, 0) is 24.5 Å². The number of nitrogens with zero attached hydrogens (tertiary/aromatic N) is 2. The van der Waals surface area contributed by atoms with E-state index >= 15 is 0 Å². The van der Waals surface area contributed by atoms with E-state index < -0.39 is 23.3 Å². The summed E-state index contributed by atoms with van der Waals surface area (Å²) >= 11 is 0. The van der Waals surface area contributed by atoms with Crippen LogP contribution in [0.2, 0.25) is 0 Å². The highest BCUT2D eigenvalue weighted by Crippen LogP contribution is 2.23. The molecular formula is C18H26N6O4. The number of aromatic nitrogens is 2. The third kappa shape index (κ3) is 4.01. The van der Waals surface area contributed by atoms with Gasteiger partial charge in [0.05, 0.1) is 12.2 Å². The summed E-state index contributed by atoms with van der Waals surface area (Å²) in [7, 11) is 4.70. The van der Waals surface area contributed by atoms with Crippen LogP contribution in [0.25, 0.3) is 11.1 Å². The molecule has 0 aliphatic rings. The lowest BCUT2D eigenvalue weighted by Gasteiger charge is -2.18. The van der Waals surface area contributed by atoms with Crippen molar-refractivity contribution in [2.24, 2.45) is 5.73 Å². The zero-order valence-electron chi connectivity index (χ0n) is 16.4. The zero-order valence-corrected chi connectivity index (χ0v) is 16.4. The number of benzene rings is 1. The minimum absolute atomic E-state index is 0.275. The number of carbonyl (C=O) groups excluding carboxylic acids is 1. The molecule has 0 saturated carbocycles. The predicted molar refractivity (Wildman–Crippen MR) is 109 cm³/mol. The molecule has 0 saturated heterocycles. The van der Waals surface area contributed by atoms with Crippen LogP contribution in [-0.2, 0) is 16.0 Å². The molecule has 0 amide bonds. The van der Waals surface area contributed by atoms with Gasteiger partial charge in [0.15, 0.2) is 0 Å². The second-order valence-electron chi connectivity index (χ2n) is 5.94. The number of hydrogen-bond donors (Lipinski definition) is 4. The molecule has 0 fully saturated rings. The van der Waals surface area contributed by atoms with Crippen LogP contribution in [0.3, 0.4) is 0 Å². The lowest BCUT2D eigenvalue weighted by atomic mass is 10.0. The third-order valence-corrected chi connectivity index (χ3v) is 4.23. The molecule has 2 rings (SSSR count). The molecule has 28 heavy (non-hydrogen) atoms. The van der Waals surface area contributed by atoms with Crippen molar-refractivity contribution in [3.8, 4) is 11.1 Å². The number of nitrogens with one attached hydrogen (secondary N) is 3. The molecule has 0 aliphatic carbocycles. The van der Waals surface area contributed by atoms with E-state index in [1.807, 2.05) is 0 Å². The molecule has 0 spiro atoms. The fraction of sp³-hybridized carbons (Fsp3) is 0.389. The van der Waals surface area contributed by atoms with E-state index in [4.69, 9.17) is 10.5 Å². The maximum Gasteiger partial charge on any atom is 0.370 e. The molecule has 1 aromatic heterocycles. The molecule has 1 heterocycles. The Kier molecular flexibility index (Phi) is 6.83. The smallest absolute Gasteiger partial charge is 0.370 e. The lowest BCUT2D eigenvalue weighted by Crippen LogP contribution is -2.47. The number of nitrogens with two attached hydrogens (primary N) is 1. The van der Waals surface area contributed by atoms with Crippen LogP contribution in [0, 0.1) is 0 Å². The van der Waals surface area contributed by atoms with Crippen LogP contribution < -0.4 is 33.2 Å². The largest absolute Gasteiger partial charge is 0.465 e. The highest BCUT2D eigenvalue weighted by Gasteiger charge is 2.20. The Hall–Kier alpha value is -3.27. The van der Waals surface area contributed by atoms with Gasteiger partial charge in [0.1, 0.15) is 11.9 Å². The van der Waals surface area contributed by atoms with E-state index in [2.05, 4.69) is 16.2 Å². The molecule has 0 aliphatic heterocycles. The normalized spacial score (nSPS) is 11.6. The van der Waals surface area contributed by atoms with Crippen molar-refractivity contribution in [2.45, 2.75) is 19.4 Å². The molecule has 10 heteroatoms. The second-order valence-corrected chi connectivity index (χ2v) is 5.94. The quantitative estimate of drug-likeness (QED) is 0.444. The van der Waals surface area contributed by atoms with E-state index in [0.29, 0.717) is 23.4 Å². The van der Waals surface area contributed by atoms with Crippen LogP contribution in [0.4, 0.5) is 5.82 Å². The minimum atomic E-state index is -0.758. The van der Waals surface area contributed by atoms with Crippen molar-refractivity contribution in [2.75, 3.05) is 43.9 Å². The Morgan fingerprint density at radius 3 is 2.21 bits per heavy atom. The van der Waals surface area contributed by atoms with Gasteiger partial charge in [-0.3, -0.25) is 9.59 Å². The molecular weight excluding hydrogens is 364 g/mol. The molecule has 0 radical (unpaired) electrons. The zero-order chi connectivity index (χ0) is 20.8. The van der Waals surface area contributed by atoms with Gasteiger partial charge in [-0.15, -0.1) is 0 Å². The molecule has 0 unspecified atom stereocenters. The molecule has 2 aromatic rings. The lowest BCUT2D eigenvalue weighted by molar-refractivity contribution is -0.144. The van der Waals surface area contributed by atoms with Crippen LogP contribution in [-0.4, -0.2) is 49.1 Å². The Morgan fingerprint density at radius 2 is 1.71 bits per heavy atom.